The summed E-state index contributed by atoms with van der Waals surface area (Å²) in [7, 11) is 0. The van der Waals surface area contributed by atoms with Crippen LogP contribution in [0.1, 0.15) is 0 Å². The molecule has 1 aromatic carbocycles. The van der Waals surface area contributed by atoms with Crippen LogP contribution < -0.4 is 4.74 Å². The quantitative estimate of drug-likeness (QED) is 0.629. The maximum Gasteiger partial charge on any atom is 0.122 e. The Hall–Kier alpha value is -0.0900. The van der Waals surface area contributed by atoms with E-state index in [9.17, 15) is 0 Å². The molecule has 0 heterocycles. The van der Waals surface area contributed by atoms with E-state index >= 15 is 0 Å². The van der Waals surface area contributed by atoms with Crippen LogP contribution in [-0.4, -0.2) is 25.6 Å². The van der Waals surface area contributed by atoms with Gasteiger partial charge in [0.2, 0.25) is 0 Å². The minimum absolute atomic E-state index is 0.477. The van der Waals surface area contributed by atoms with Gasteiger partial charge < -0.3 is 9.47 Å². The highest BCUT2D eigenvalue weighted by molar-refractivity contribution is 7.80. The highest BCUT2D eigenvalue weighted by Gasteiger charge is 1.98. The molecule has 0 amide bonds. The van der Waals surface area contributed by atoms with Crippen LogP contribution in [0.15, 0.2) is 18.2 Å². The molecule has 0 fully saturated rings. The normalized spacial score (nSPS) is 10.3. The molecule has 0 aliphatic heterocycles. The highest BCUT2D eigenvalue weighted by Crippen LogP contribution is 2.23. The van der Waals surface area contributed by atoms with Crippen molar-refractivity contribution in [2.24, 2.45) is 0 Å². The topological polar surface area (TPSA) is 18.5 Å². The molecule has 0 bridgehead atoms. The van der Waals surface area contributed by atoms with Crippen molar-refractivity contribution < 1.29 is 9.47 Å². The van der Waals surface area contributed by atoms with E-state index in [1.54, 1.807) is 18.2 Å². The largest absolute Gasteiger partial charge is 0.491 e. The first-order valence-corrected chi connectivity index (χ1v) is 5.88. The Morgan fingerprint density at radius 3 is 2.27 bits per heavy atom. The summed E-state index contributed by atoms with van der Waals surface area (Å²) in [6.07, 6.45) is 0. The van der Waals surface area contributed by atoms with Crippen LogP contribution in [0, 0.1) is 0 Å². The molecular weight excluding hydrogens is 255 g/mol. The van der Waals surface area contributed by atoms with E-state index in [0.29, 0.717) is 41.4 Å². The van der Waals surface area contributed by atoms with Crippen LogP contribution in [0.4, 0.5) is 0 Å². The molecule has 1 rings (SSSR count). The molecule has 0 spiro atoms. The van der Waals surface area contributed by atoms with E-state index < -0.39 is 0 Å². The standard InChI is InChI=1S/C10H12Cl2O2S/c11-8-5-9(12)7-10(6-8)14-2-1-13-3-4-15/h5-7,15H,1-4H2. The average Bonchev–Trinajstić information content (AvgIpc) is 2.16. The summed E-state index contributed by atoms with van der Waals surface area (Å²) in [6.45, 7) is 1.64. The van der Waals surface area contributed by atoms with Gasteiger partial charge in [0, 0.05) is 15.8 Å². The second-order valence-electron chi connectivity index (χ2n) is 2.79. The molecule has 0 saturated carbocycles. The van der Waals surface area contributed by atoms with Gasteiger partial charge in [-0.1, -0.05) is 23.2 Å². The van der Waals surface area contributed by atoms with Crippen LogP contribution in [-0.2, 0) is 4.74 Å². The summed E-state index contributed by atoms with van der Waals surface area (Å²) >= 11 is 15.6. The predicted molar refractivity (Wildman–Crippen MR) is 66.6 cm³/mol. The lowest BCUT2D eigenvalue weighted by Gasteiger charge is -2.07. The van der Waals surface area contributed by atoms with E-state index in [0.717, 1.165) is 0 Å². The summed E-state index contributed by atoms with van der Waals surface area (Å²) in [5, 5.41) is 1.13. The maximum atomic E-state index is 5.81. The SMILES string of the molecule is SCCOCCOc1cc(Cl)cc(Cl)c1. The van der Waals surface area contributed by atoms with E-state index in [1.165, 1.54) is 0 Å². The van der Waals surface area contributed by atoms with Crippen molar-refractivity contribution in [3.8, 4) is 5.75 Å². The lowest BCUT2D eigenvalue weighted by Crippen LogP contribution is -2.07. The third-order valence-corrected chi connectivity index (χ3v) is 2.19. The van der Waals surface area contributed by atoms with Crippen LogP contribution in [0.3, 0.4) is 0 Å². The number of thiol groups is 1. The lowest BCUT2D eigenvalue weighted by atomic mass is 10.3. The zero-order chi connectivity index (χ0) is 11.1. The Balaban J connectivity index is 2.31. The first kappa shape index (κ1) is 13.0. The fourth-order valence-electron chi connectivity index (χ4n) is 0.997. The Morgan fingerprint density at radius 2 is 1.67 bits per heavy atom. The van der Waals surface area contributed by atoms with Crippen molar-refractivity contribution in [3.05, 3.63) is 28.2 Å². The van der Waals surface area contributed by atoms with E-state index in [-0.39, 0.29) is 0 Å². The minimum Gasteiger partial charge on any atom is -0.491 e. The average molecular weight is 267 g/mol. The summed E-state index contributed by atoms with van der Waals surface area (Å²) in [6, 6.07) is 5.09. The van der Waals surface area contributed by atoms with E-state index in [4.69, 9.17) is 32.7 Å². The molecule has 5 heteroatoms. The number of rotatable bonds is 6. The Kier molecular flexibility index (Phi) is 6.25. The number of hydrogen-bond acceptors (Lipinski definition) is 3. The maximum absolute atomic E-state index is 5.81. The van der Waals surface area contributed by atoms with Crippen molar-refractivity contribution in [3.63, 3.8) is 0 Å². The predicted octanol–water partition coefficient (Wildman–Crippen LogP) is 3.32. The van der Waals surface area contributed by atoms with Gasteiger partial charge in [0.05, 0.1) is 13.2 Å². The van der Waals surface area contributed by atoms with Crippen LogP contribution in [0.25, 0.3) is 0 Å². The van der Waals surface area contributed by atoms with Crippen molar-refractivity contribution in [2.45, 2.75) is 0 Å². The molecule has 0 radical (unpaired) electrons. The van der Waals surface area contributed by atoms with Gasteiger partial charge >= 0.3 is 0 Å². The van der Waals surface area contributed by atoms with Gasteiger partial charge in [-0.05, 0) is 18.2 Å². The van der Waals surface area contributed by atoms with E-state index in [1.807, 2.05) is 0 Å². The molecule has 0 aromatic heterocycles. The summed E-state index contributed by atoms with van der Waals surface area (Å²) in [4.78, 5) is 0. The van der Waals surface area contributed by atoms with Gasteiger partial charge in [-0.15, -0.1) is 0 Å². The van der Waals surface area contributed by atoms with Gasteiger partial charge in [0.15, 0.2) is 0 Å². The number of hydrogen-bond donors (Lipinski definition) is 1. The minimum atomic E-state index is 0.477. The molecule has 0 N–H and O–H groups in total. The fraction of sp³-hybridized carbons (Fsp3) is 0.400. The summed E-state index contributed by atoms with van der Waals surface area (Å²) < 4.78 is 10.6. The Morgan fingerprint density at radius 1 is 1.00 bits per heavy atom. The smallest absolute Gasteiger partial charge is 0.122 e. The van der Waals surface area contributed by atoms with Crippen molar-refractivity contribution >= 4 is 35.8 Å². The van der Waals surface area contributed by atoms with Gasteiger partial charge in [0.1, 0.15) is 12.4 Å². The zero-order valence-electron chi connectivity index (χ0n) is 8.08. The molecule has 84 valence electrons. The lowest BCUT2D eigenvalue weighted by molar-refractivity contribution is 0.112. The molecular formula is C10H12Cl2O2S. The van der Waals surface area contributed by atoms with Gasteiger partial charge in [-0.2, -0.15) is 12.6 Å². The molecule has 0 atom stereocenters. The third kappa shape index (κ3) is 5.52. The Bertz CT molecular complexity index is 287. The molecule has 0 unspecified atom stereocenters. The first-order chi connectivity index (χ1) is 7.22. The molecule has 1 aromatic rings. The molecule has 0 aliphatic rings. The molecule has 0 saturated heterocycles. The number of benzene rings is 1. The monoisotopic (exact) mass is 266 g/mol. The summed E-state index contributed by atoms with van der Waals surface area (Å²) in [5.41, 5.74) is 0. The van der Waals surface area contributed by atoms with Crippen molar-refractivity contribution in [2.75, 3.05) is 25.6 Å². The van der Waals surface area contributed by atoms with Crippen LogP contribution in [0.2, 0.25) is 10.0 Å². The Labute approximate surface area is 105 Å². The third-order valence-electron chi connectivity index (χ3n) is 1.57. The van der Waals surface area contributed by atoms with Gasteiger partial charge in [0.25, 0.3) is 0 Å². The number of ether oxygens (including phenoxy) is 2. The van der Waals surface area contributed by atoms with Gasteiger partial charge in [-0.25, -0.2) is 0 Å². The summed E-state index contributed by atoms with van der Waals surface area (Å²) in [5.74, 6) is 1.37. The highest BCUT2D eigenvalue weighted by atomic mass is 35.5. The first-order valence-electron chi connectivity index (χ1n) is 4.50. The molecule has 0 aliphatic carbocycles. The number of halogens is 2. The van der Waals surface area contributed by atoms with Crippen LogP contribution in [0.5, 0.6) is 5.75 Å². The zero-order valence-corrected chi connectivity index (χ0v) is 10.5. The molecule has 15 heavy (non-hydrogen) atoms. The molecule has 2 nitrogen and oxygen atoms in total. The van der Waals surface area contributed by atoms with Crippen molar-refractivity contribution in [1.82, 2.24) is 0 Å². The van der Waals surface area contributed by atoms with E-state index in [2.05, 4.69) is 12.6 Å². The van der Waals surface area contributed by atoms with Gasteiger partial charge in [-0.3, -0.25) is 0 Å². The second-order valence-corrected chi connectivity index (χ2v) is 4.11. The fourth-order valence-corrected chi connectivity index (χ4v) is 1.63. The van der Waals surface area contributed by atoms with Crippen LogP contribution >= 0.6 is 35.8 Å². The second kappa shape index (κ2) is 7.23. The van der Waals surface area contributed by atoms with Crippen molar-refractivity contribution in [1.29, 1.82) is 0 Å².